The van der Waals surface area contributed by atoms with Crippen LogP contribution in [0.15, 0.2) is 48.5 Å². The molecule has 2 aromatic carbocycles. The molecule has 0 aliphatic carbocycles. The summed E-state index contributed by atoms with van der Waals surface area (Å²) in [5.74, 6) is 0. The van der Waals surface area contributed by atoms with Gasteiger partial charge in [0.15, 0.2) is 0 Å². The Morgan fingerprint density at radius 3 is 2.33 bits per heavy atom. The van der Waals surface area contributed by atoms with Gasteiger partial charge in [0.25, 0.3) is 0 Å². The van der Waals surface area contributed by atoms with E-state index in [4.69, 9.17) is 17.3 Å². The molecule has 0 aliphatic rings. The maximum Gasteiger partial charge on any atom is 0.0473 e. The molecule has 21 heavy (non-hydrogen) atoms. The zero-order chi connectivity index (χ0) is 15.2. The fourth-order valence-electron chi connectivity index (χ4n) is 2.63. The molecule has 0 amide bonds. The third-order valence-electron chi connectivity index (χ3n) is 3.96. The Morgan fingerprint density at radius 2 is 1.76 bits per heavy atom. The van der Waals surface area contributed by atoms with Crippen molar-refractivity contribution in [1.82, 2.24) is 4.90 Å². The first-order chi connectivity index (χ1) is 10.2. The molecule has 2 nitrogen and oxygen atoms in total. The van der Waals surface area contributed by atoms with Crippen LogP contribution in [0.25, 0.3) is 0 Å². The Bertz CT molecular complexity index is 566. The van der Waals surface area contributed by atoms with Crippen molar-refractivity contribution in [3.8, 4) is 0 Å². The minimum Gasteiger partial charge on any atom is -0.329 e. The molecule has 0 saturated heterocycles. The SMILES string of the molecule is CCN(Cc1ccccc1C)C(CN)c1ccc(Cl)cc1. The first kappa shape index (κ1) is 16.0. The second-order valence-electron chi connectivity index (χ2n) is 5.29. The van der Waals surface area contributed by atoms with E-state index >= 15 is 0 Å². The maximum atomic E-state index is 6.04. The molecular formula is C18H23ClN2. The van der Waals surface area contributed by atoms with Crippen LogP contribution in [0.1, 0.15) is 29.7 Å². The standard InChI is InChI=1S/C18H23ClN2/c1-3-21(13-16-7-5-4-6-14(16)2)18(12-20)15-8-10-17(19)11-9-15/h4-11,18H,3,12-13,20H2,1-2H3. The first-order valence-electron chi connectivity index (χ1n) is 7.39. The van der Waals surface area contributed by atoms with Crippen LogP contribution < -0.4 is 5.73 Å². The topological polar surface area (TPSA) is 29.3 Å². The van der Waals surface area contributed by atoms with Gasteiger partial charge in [0, 0.05) is 24.2 Å². The number of benzene rings is 2. The summed E-state index contributed by atoms with van der Waals surface area (Å²) in [6.45, 7) is 6.80. The van der Waals surface area contributed by atoms with Crippen LogP contribution in [-0.2, 0) is 6.54 Å². The molecule has 0 saturated carbocycles. The van der Waals surface area contributed by atoms with Crippen LogP contribution >= 0.6 is 11.6 Å². The number of aryl methyl sites for hydroxylation is 1. The molecule has 0 aromatic heterocycles. The lowest BCUT2D eigenvalue weighted by atomic mass is 10.0. The molecule has 0 fully saturated rings. The number of rotatable bonds is 6. The van der Waals surface area contributed by atoms with Gasteiger partial charge in [-0.15, -0.1) is 0 Å². The molecule has 112 valence electrons. The Kier molecular flexibility index (Phi) is 5.80. The van der Waals surface area contributed by atoms with Gasteiger partial charge in [-0.2, -0.15) is 0 Å². The molecule has 0 bridgehead atoms. The van der Waals surface area contributed by atoms with E-state index in [1.54, 1.807) is 0 Å². The molecule has 1 unspecified atom stereocenters. The maximum absolute atomic E-state index is 6.04. The average molecular weight is 303 g/mol. The molecule has 3 heteroatoms. The summed E-state index contributed by atoms with van der Waals surface area (Å²) in [5.41, 5.74) is 9.93. The van der Waals surface area contributed by atoms with E-state index in [1.807, 2.05) is 12.1 Å². The fourth-order valence-corrected chi connectivity index (χ4v) is 2.76. The van der Waals surface area contributed by atoms with E-state index in [-0.39, 0.29) is 6.04 Å². The predicted octanol–water partition coefficient (Wildman–Crippen LogP) is 4.17. The van der Waals surface area contributed by atoms with E-state index in [9.17, 15) is 0 Å². The van der Waals surface area contributed by atoms with Crippen molar-refractivity contribution >= 4 is 11.6 Å². The highest BCUT2D eigenvalue weighted by molar-refractivity contribution is 6.30. The Hall–Kier alpha value is -1.35. The highest BCUT2D eigenvalue weighted by Crippen LogP contribution is 2.24. The summed E-state index contributed by atoms with van der Waals surface area (Å²) < 4.78 is 0. The van der Waals surface area contributed by atoms with Crippen molar-refractivity contribution in [3.63, 3.8) is 0 Å². The molecular weight excluding hydrogens is 280 g/mol. The number of hydrogen-bond donors (Lipinski definition) is 1. The largest absolute Gasteiger partial charge is 0.329 e. The van der Waals surface area contributed by atoms with Crippen LogP contribution in [0.2, 0.25) is 5.02 Å². The number of hydrogen-bond acceptors (Lipinski definition) is 2. The van der Waals surface area contributed by atoms with Gasteiger partial charge < -0.3 is 5.73 Å². The molecule has 0 heterocycles. The minimum absolute atomic E-state index is 0.215. The van der Waals surface area contributed by atoms with E-state index in [0.717, 1.165) is 18.1 Å². The minimum atomic E-state index is 0.215. The smallest absolute Gasteiger partial charge is 0.0473 e. The molecule has 2 aromatic rings. The molecule has 2 rings (SSSR count). The zero-order valence-electron chi connectivity index (χ0n) is 12.7. The molecule has 1 atom stereocenters. The van der Waals surface area contributed by atoms with Crippen LogP contribution in [0.3, 0.4) is 0 Å². The van der Waals surface area contributed by atoms with Gasteiger partial charge >= 0.3 is 0 Å². The van der Waals surface area contributed by atoms with Crippen molar-refractivity contribution in [2.24, 2.45) is 5.73 Å². The summed E-state index contributed by atoms with van der Waals surface area (Å²) in [6, 6.07) is 16.7. The van der Waals surface area contributed by atoms with Crippen LogP contribution in [-0.4, -0.2) is 18.0 Å². The summed E-state index contributed by atoms with van der Waals surface area (Å²) >= 11 is 5.98. The predicted molar refractivity (Wildman–Crippen MR) is 90.5 cm³/mol. The van der Waals surface area contributed by atoms with Gasteiger partial charge in [-0.1, -0.05) is 54.9 Å². The highest BCUT2D eigenvalue weighted by Gasteiger charge is 2.18. The summed E-state index contributed by atoms with van der Waals surface area (Å²) in [5, 5.41) is 0.761. The van der Waals surface area contributed by atoms with E-state index in [2.05, 4.69) is 55.1 Å². The Balaban J connectivity index is 2.21. The number of nitrogens with zero attached hydrogens (tertiary/aromatic N) is 1. The van der Waals surface area contributed by atoms with E-state index in [1.165, 1.54) is 16.7 Å². The first-order valence-corrected chi connectivity index (χ1v) is 7.77. The number of halogens is 1. The lowest BCUT2D eigenvalue weighted by molar-refractivity contribution is 0.203. The summed E-state index contributed by atoms with van der Waals surface area (Å²) in [4.78, 5) is 2.41. The lowest BCUT2D eigenvalue weighted by Gasteiger charge is -2.30. The van der Waals surface area contributed by atoms with E-state index < -0.39 is 0 Å². The van der Waals surface area contributed by atoms with Crippen LogP contribution in [0.4, 0.5) is 0 Å². The van der Waals surface area contributed by atoms with Crippen molar-refractivity contribution in [2.45, 2.75) is 26.4 Å². The number of nitrogens with two attached hydrogens (primary N) is 1. The number of likely N-dealkylation sites (N-methyl/N-ethyl adjacent to an activating group) is 1. The van der Waals surface area contributed by atoms with Crippen LogP contribution in [0.5, 0.6) is 0 Å². The van der Waals surface area contributed by atoms with Crippen molar-refractivity contribution in [1.29, 1.82) is 0 Å². The van der Waals surface area contributed by atoms with Gasteiger partial charge in [-0.25, -0.2) is 0 Å². The zero-order valence-corrected chi connectivity index (χ0v) is 13.5. The normalized spacial score (nSPS) is 12.6. The van der Waals surface area contributed by atoms with Gasteiger partial charge in [-0.05, 0) is 42.3 Å². The Labute approximate surface area is 132 Å². The molecule has 2 N–H and O–H groups in total. The van der Waals surface area contributed by atoms with Crippen molar-refractivity contribution < 1.29 is 0 Å². The van der Waals surface area contributed by atoms with E-state index in [0.29, 0.717) is 6.54 Å². The third kappa shape index (κ3) is 4.07. The average Bonchev–Trinajstić information content (AvgIpc) is 2.50. The second kappa shape index (κ2) is 7.60. The Morgan fingerprint density at radius 1 is 1.10 bits per heavy atom. The fraction of sp³-hybridized carbons (Fsp3) is 0.333. The van der Waals surface area contributed by atoms with Gasteiger partial charge in [-0.3, -0.25) is 4.90 Å². The highest BCUT2D eigenvalue weighted by atomic mass is 35.5. The third-order valence-corrected chi connectivity index (χ3v) is 4.21. The molecule has 0 spiro atoms. The quantitative estimate of drug-likeness (QED) is 0.868. The summed E-state index contributed by atoms with van der Waals surface area (Å²) in [7, 11) is 0. The van der Waals surface area contributed by atoms with Gasteiger partial charge in [0.2, 0.25) is 0 Å². The summed E-state index contributed by atoms with van der Waals surface area (Å²) in [6.07, 6.45) is 0. The van der Waals surface area contributed by atoms with Crippen LogP contribution in [0, 0.1) is 6.92 Å². The van der Waals surface area contributed by atoms with Gasteiger partial charge in [0.1, 0.15) is 0 Å². The van der Waals surface area contributed by atoms with Crippen molar-refractivity contribution in [3.05, 3.63) is 70.2 Å². The molecule has 0 radical (unpaired) electrons. The molecule has 0 aliphatic heterocycles. The van der Waals surface area contributed by atoms with Crippen molar-refractivity contribution in [2.75, 3.05) is 13.1 Å². The second-order valence-corrected chi connectivity index (χ2v) is 5.73. The monoisotopic (exact) mass is 302 g/mol. The lowest BCUT2D eigenvalue weighted by Crippen LogP contribution is -2.33. The van der Waals surface area contributed by atoms with Gasteiger partial charge in [0.05, 0.1) is 0 Å².